The van der Waals surface area contributed by atoms with Crippen molar-refractivity contribution in [2.24, 2.45) is 0 Å². The SMILES string of the molecule is Cc1ccc(C(C)(O)CNCc2ccncc2)o1. The zero-order valence-electron chi connectivity index (χ0n) is 10.7. The summed E-state index contributed by atoms with van der Waals surface area (Å²) in [6, 6.07) is 7.55. The van der Waals surface area contributed by atoms with Gasteiger partial charge in [-0.1, -0.05) is 0 Å². The number of hydrogen-bond acceptors (Lipinski definition) is 4. The van der Waals surface area contributed by atoms with Gasteiger partial charge in [-0.15, -0.1) is 0 Å². The number of aromatic nitrogens is 1. The van der Waals surface area contributed by atoms with E-state index < -0.39 is 5.60 Å². The third kappa shape index (κ3) is 3.18. The van der Waals surface area contributed by atoms with Crippen molar-refractivity contribution in [2.45, 2.75) is 26.0 Å². The van der Waals surface area contributed by atoms with E-state index in [0.29, 0.717) is 18.8 Å². The van der Waals surface area contributed by atoms with Crippen LogP contribution in [0.1, 0.15) is 24.0 Å². The highest BCUT2D eigenvalue weighted by Gasteiger charge is 2.26. The Bertz CT molecular complexity index is 492. The molecule has 96 valence electrons. The van der Waals surface area contributed by atoms with Crippen molar-refractivity contribution < 1.29 is 9.52 Å². The highest BCUT2D eigenvalue weighted by atomic mass is 16.4. The van der Waals surface area contributed by atoms with Gasteiger partial charge in [0.1, 0.15) is 17.1 Å². The predicted molar refractivity (Wildman–Crippen MR) is 69.0 cm³/mol. The molecule has 0 aliphatic rings. The van der Waals surface area contributed by atoms with E-state index in [0.717, 1.165) is 11.3 Å². The van der Waals surface area contributed by atoms with Crippen LogP contribution in [0.15, 0.2) is 41.1 Å². The summed E-state index contributed by atoms with van der Waals surface area (Å²) in [7, 11) is 0. The molecule has 2 aromatic heterocycles. The number of nitrogens with one attached hydrogen (secondary N) is 1. The molecular formula is C14H18N2O2. The Kier molecular flexibility index (Phi) is 3.79. The van der Waals surface area contributed by atoms with Gasteiger partial charge in [-0.25, -0.2) is 0 Å². The zero-order valence-corrected chi connectivity index (χ0v) is 10.7. The Balaban J connectivity index is 1.89. The molecule has 2 aromatic rings. The van der Waals surface area contributed by atoms with Crippen molar-refractivity contribution in [2.75, 3.05) is 6.54 Å². The average molecular weight is 246 g/mol. The summed E-state index contributed by atoms with van der Waals surface area (Å²) >= 11 is 0. The molecule has 4 nitrogen and oxygen atoms in total. The molecule has 0 aliphatic heterocycles. The van der Waals surface area contributed by atoms with Crippen LogP contribution < -0.4 is 5.32 Å². The Morgan fingerprint density at radius 2 is 2.00 bits per heavy atom. The van der Waals surface area contributed by atoms with Crippen LogP contribution in [-0.4, -0.2) is 16.6 Å². The van der Waals surface area contributed by atoms with E-state index in [1.807, 2.05) is 31.2 Å². The third-order valence-electron chi connectivity index (χ3n) is 2.82. The van der Waals surface area contributed by atoms with E-state index in [1.54, 1.807) is 19.3 Å². The summed E-state index contributed by atoms with van der Waals surface area (Å²) in [5, 5.41) is 13.5. The van der Waals surface area contributed by atoms with Gasteiger partial charge in [-0.3, -0.25) is 4.98 Å². The number of aryl methyl sites for hydroxylation is 1. The Morgan fingerprint density at radius 1 is 1.28 bits per heavy atom. The molecule has 0 amide bonds. The molecule has 4 heteroatoms. The highest BCUT2D eigenvalue weighted by Crippen LogP contribution is 2.21. The molecule has 1 atom stereocenters. The van der Waals surface area contributed by atoms with Crippen LogP contribution in [0, 0.1) is 6.92 Å². The van der Waals surface area contributed by atoms with Crippen LogP contribution in [0.5, 0.6) is 0 Å². The molecule has 0 bridgehead atoms. The van der Waals surface area contributed by atoms with E-state index in [2.05, 4.69) is 10.3 Å². The number of rotatable bonds is 5. The van der Waals surface area contributed by atoms with Crippen LogP contribution in [0.3, 0.4) is 0 Å². The van der Waals surface area contributed by atoms with Crippen molar-refractivity contribution >= 4 is 0 Å². The molecule has 1 unspecified atom stereocenters. The summed E-state index contributed by atoms with van der Waals surface area (Å²) in [6.45, 7) is 4.73. The first-order valence-electron chi connectivity index (χ1n) is 5.97. The molecule has 0 saturated heterocycles. The number of aliphatic hydroxyl groups is 1. The molecule has 0 aliphatic carbocycles. The van der Waals surface area contributed by atoms with Crippen molar-refractivity contribution in [1.29, 1.82) is 0 Å². The summed E-state index contributed by atoms with van der Waals surface area (Å²) in [6.07, 6.45) is 3.51. The maximum atomic E-state index is 10.3. The van der Waals surface area contributed by atoms with Crippen LogP contribution in [0.2, 0.25) is 0 Å². The van der Waals surface area contributed by atoms with Crippen LogP contribution in [0.4, 0.5) is 0 Å². The van der Waals surface area contributed by atoms with Crippen molar-refractivity contribution in [3.8, 4) is 0 Å². The van der Waals surface area contributed by atoms with Crippen molar-refractivity contribution in [3.63, 3.8) is 0 Å². The standard InChI is InChI=1S/C14H18N2O2/c1-11-3-4-13(18-11)14(2,17)10-16-9-12-5-7-15-8-6-12/h3-8,16-17H,9-10H2,1-2H3. The number of nitrogens with zero attached hydrogens (tertiary/aromatic N) is 1. The van der Waals surface area contributed by atoms with Gasteiger partial charge in [0, 0.05) is 25.5 Å². The first-order chi connectivity index (χ1) is 8.58. The second-order valence-corrected chi connectivity index (χ2v) is 4.64. The fourth-order valence-electron chi connectivity index (χ4n) is 1.76. The van der Waals surface area contributed by atoms with E-state index >= 15 is 0 Å². The Morgan fingerprint density at radius 3 is 2.61 bits per heavy atom. The fraction of sp³-hybridized carbons (Fsp3) is 0.357. The molecular weight excluding hydrogens is 228 g/mol. The molecule has 0 spiro atoms. The second kappa shape index (κ2) is 5.33. The molecule has 2 N–H and O–H groups in total. The predicted octanol–water partition coefficient (Wildman–Crippen LogP) is 1.98. The normalized spacial score (nSPS) is 14.4. The molecule has 0 saturated carbocycles. The zero-order chi connectivity index (χ0) is 13.0. The monoisotopic (exact) mass is 246 g/mol. The van der Waals surface area contributed by atoms with Crippen molar-refractivity contribution in [3.05, 3.63) is 53.7 Å². The van der Waals surface area contributed by atoms with Gasteiger partial charge in [0.2, 0.25) is 0 Å². The first-order valence-corrected chi connectivity index (χ1v) is 5.97. The van der Waals surface area contributed by atoms with Crippen LogP contribution in [-0.2, 0) is 12.1 Å². The van der Waals surface area contributed by atoms with Crippen LogP contribution >= 0.6 is 0 Å². The topological polar surface area (TPSA) is 58.3 Å². The van der Waals surface area contributed by atoms with Crippen LogP contribution in [0.25, 0.3) is 0 Å². The molecule has 0 radical (unpaired) electrons. The molecule has 2 rings (SSSR count). The van der Waals surface area contributed by atoms with Gasteiger partial charge < -0.3 is 14.8 Å². The number of furan rings is 1. The number of pyridine rings is 1. The van der Waals surface area contributed by atoms with Crippen molar-refractivity contribution in [1.82, 2.24) is 10.3 Å². The maximum absolute atomic E-state index is 10.3. The quantitative estimate of drug-likeness (QED) is 0.847. The lowest BCUT2D eigenvalue weighted by atomic mass is 10.0. The highest BCUT2D eigenvalue weighted by molar-refractivity contribution is 5.13. The van der Waals surface area contributed by atoms with E-state index in [4.69, 9.17) is 4.42 Å². The van der Waals surface area contributed by atoms with E-state index in [1.165, 1.54) is 0 Å². The van der Waals surface area contributed by atoms with E-state index in [9.17, 15) is 5.11 Å². The smallest absolute Gasteiger partial charge is 0.136 e. The van der Waals surface area contributed by atoms with Gasteiger partial charge in [0.25, 0.3) is 0 Å². The van der Waals surface area contributed by atoms with E-state index in [-0.39, 0.29) is 0 Å². The van der Waals surface area contributed by atoms with Gasteiger partial charge in [-0.05, 0) is 43.7 Å². The largest absolute Gasteiger partial charge is 0.463 e. The summed E-state index contributed by atoms with van der Waals surface area (Å²) in [4.78, 5) is 3.96. The maximum Gasteiger partial charge on any atom is 0.136 e. The fourth-order valence-corrected chi connectivity index (χ4v) is 1.76. The van der Waals surface area contributed by atoms with Gasteiger partial charge in [0.05, 0.1) is 0 Å². The summed E-state index contributed by atoms with van der Waals surface area (Å²) in [5.74, 6) is 1.39. The minimum absolute atomic E-state index is 0.433. The minimum Gasteiger partial charge on any atom is -0.463 e. The summed E-state index contributed by atoms with van der Waals surface area (Å²) < 4.78 is 5.45. The number of hydrogen-bond donors (Lipinski definition) is 2. The Hall–Kier alpha value is -1.65. The molecule has 2 heterocycles. The lowest BCUT2D eigenvalue weighted by Crippen LogP contribution is -2.34. The van der Waals surface area contributed by atoms with Gasteiger partial charge >= 0.3 is 0 Å². The molecule has 18 heavy (non-hydrogen) atoms. The molecule has 0 aromatic carbocycles. The minimum atomic E-state index is -0.999. The van der Waals surface area contributed by atoms with Gasteiger partial charge in [0.15, 0.2) is 0 Å². The lowest BCUT2D eigenvalue weighted by Gasteiger charge is -2.21. The second-order valence-electron chi connectivity index (χ2n) is 4.64. The summed E-state index contributed by atoms with van der Waals surface area (Å²) in [5.41, 5.74) is 0.137. The molecule has 0 fully saturated rings. The Labute approximate surface area is 107 Å². The lowest BCUT2D eigenvalue weighted by molar-refractivity contribution is 0.0333. The average Bonchev–Trinajstić information content (AvgIpc) is 2.78. The van der Waals surface area contributed by atoms with Gasteiger partial charge in [-0.2, -0.15) is 0 Å². The first kappa shape index (κ1) is 12.8. The third-order valence-corrected chi connectivity index (χ3v) is 2.82.